The van der Waals surface area contributed by atoms with Gasteiger partial charge in [0.1, 0.15) is 5.82 Å². The molecule has 1 atom stereocenters. The van der Waals surface area contributed by atoms with Gasteiger partial charge in [-0.15, -0.1) is 0 Å². The number of likely N-dealkylation sites (N-methyl/N-ethyl adjacent to an activating group) is 1. The third-order valence-electron chi connectivity index (χ3n) is 3.04. The van der Waals surface area contributed by atoms with Crippen molar-refractivity contribution in [3.63, 3.8) is 0 Å². The van der Waals surface area contributed by atoms with Crippen LogP contribution in [0.25, 0.3) is 0 Å². The average molecular weight is 295 g/mol. The van der Waals surface area contributed by atoms with Crippen LogP contribution in [0.3, 0.4) is 0 Å². The summed E-state index contributed by atoms with van der Waals surface area (Å²) in [6.45, 7) is 5.82. The summed E-state index contributed by atoms with van der Waals surface area (Å²) in [5.74, 6) is -0.671. The van der Waals surface area contributed by atoms with Gasteiger partial charge in [-0.25, -0.2) is 9.18 Å². The topological polar surface area (TPSA) is 61.4 Å². The molecule has 0 aromatic heterocycles. The molecule has 1 aromatic rings. The van der Waals surface area contributed by atoms with E-state index in [4.69, 9.17) is 0 Å². The van der Waals surface area contributed by atoms with Crippen molar-refractivity contribution in [2.24, 2.45) is 0 Å². The van der Waals surface area contributed by atoms with E-state index in [1.54, 1.807) is 31.0 Å². The van der Waals surface area contributed by atoms with Crippen LogP contribution in [0.1, 0.15) is 26.3 Å². The lowest BCUT2D eigenvalue weighted by Gasteiger charge is -2.23. The van der Waals surface area contributed by atoms with E-state index >= 15 is 0 Å². The normalized spacial score (nSPS) is 12.3. The zero-order valence-electron chi connectivity index (χ0n) is 12.8. The van der Waals surface area contributed by atoms with Gasteiger partial charge in [-0.05, 0) is 45.5 Å². The molecule has 116 valence electrons. The first-order valence-electron chi connectivity index (χ1n) is 6.85. The van der Waals surface area contributed by atoms with Gasteiger partial charge < -0.3 is 5.32 Å². The van der Waals surface area contributed by atoms with E-state index in [2.05, 4.69) is 10.6 Å². The van der Waals surface area contributed by atoms with Gasteiger partial charge in [-0.3, -0.25) is 15.0 Å². The number of urea groups is 1. The van der Waals surface area contributed by atoms with Crippen molar-refractivity contribution < 1.29 is 14.0 Å². The van der Waals surface area contributed by atoms with Crippen molar-refractivity contribution >= 4 is 11.9 Å². The fraction of sp³-hybridized carbons (Fsp3) is 0.467. The molecule has 6 heteroatoms. The number of halogens is 1. The maximum absolute atomic E-state index is 12.8. The van der Waals surface area contributed by atoms with E-state index in [-0.39, 0.29) is 17.8 Å². The molecule has 0 aliphatic carbocycles. The quantitative estimate of drug-likeness (QED) is 0.872. The Morgan fingerprint density at radius 3 is 2.29 bits per heavy atom. The van der Waals surface area contributed by atoms with Crippen molar-refractivity contribution in [3.05, 3.63) is 35.6 Å². The molecule has 1 aromatic carbocycles. The largest absolute Gasteiger partial charge is 0.336 e. The maximum Gasteiger partial charge on any atom is 0.321 e. The molecule has 0 radical (unpaired) electrons. The summed E-state index contributed by atoms with van der Waals surface area (Å²) in [5.41, 5.74) is 0.894. The Labute approximate surface area is 124 Å². The molecule has 5 nitrogen and oxygen atoms in total. The Morgan fingerprint density at radius 2 is 1.76 bits per heavy atom. The molecular formula is C15H22FN3O2. The molecule has 21 heavy (non-hydrogen) atoms. The molecule has 0 heterocycles. The zero-order valence-corrected chi connectivity index (χ0v) is 12.8. The first-order valence-corrected chi connectivity index (χ1v) is 6.85. The second-order valence-corrected chi connectivity index (χ2v) is 5.33. The van der Waals surface area contributed by atoms with Crippen LogP contribution in [0, 0.1) is 5.82 Å². The number of benzene rings is 1. The monoisotopic (exact) mass is 295 g/mol. The molecule has 0 saturated heterocycles. The first-order chi connectivity index (χ1) is 9.79. The number of nitrogens with zero attached hydrogens (tertiary/aromatic N) is 1. The number of imide groups is 1. The van der Waals surface area contributed by atoms with E-state index in [9.17, 15) is 14.0 Å². The summed E-state index contributed by atoms with van der Waals surface area (Å²) in [4.78, 5) is 25.2. The molecule has 0 fully saturated rings. The second-order valence-electron chi connectivity index (χ2n) is 5.33. The van der Waals surface area contributed by atoms with Crippen molar-refractivity contribution in [3.8, 4) is 0 Å². The fourth-order valence-electron chi connectivity index (χ4n) is 1.73. The Bertz CT molecular complexity index is 488. The summed E-state index contributed by atoms with van der Waals surface area (Å²) in [6, 6.07) is 5.08. The molecule has 0 spiro atoms. The highest BCUT2D eigenvalue weighted by molar-refractivity contribution is 5.96. The van der Waals surface area contributed by atoms with Gasteiger partial charge in [0, 0.05) is 12.6 Å². The van der Waals surface area contributed by atoms with Gasteiger partial charge in [0.2, 0.25) is 5.91 Å². The molecule has 0 aliphatic heterocycles. The van der Waals surface area contributed by atoms with Crippen LogP contribution in [0.5, 0.6) is 0 Å². The van der Waals surface area contributed by atoms with Gasteiger partial charge in [-0.2, -0.15) is 0 Å². The van der Waals surface area contributed by atoms with Crippen LogP contribution >= 0.6 is 0 Å². The number of carbonyl (C=O) groups excluding carboxylic acids is 2. The molecule has 0 bridgehead atoms. The van der Waals surface area contributed by atoms with E-state index in [0.717, 1.165) is 5.56 Å². The highest BCUT2D eigenvalue weighted by Crippen LogP contribution is 2.08. The Balaban J connectivity index is 2.53. The minimum absolute atomic E-state index is 0.0370. The lowest BCUT2D eigenvalue weighted by Crippen LogP contribution is -2.49. The summed E-state index contributed by atoms with van der Waals surface area (Å²) in [5, 5.41) is 4.89. The first kappa shape index (κ1) is 17.1. The number of amides is 3. The van der Waals surface area contributed by atoms with Gasteiger partial charge in [0.15, 0.2) is 0 Å². The summed E-state index contributed by atoms with van der Waals surface area (Å²) >= 11 is 0. The number of hydrogen-bond donors (Lipinski definition) is 2. The van der Waals surface area contributed by atoms with Gasteiger partial charge in [0.25, 0.3) is 0 Å². The summed E-state index contributed by atoms with van der Waals surface area (Å²) < 4.78 is 12.8. The summed E-state index contributed by atoms with van der Waals surface area (Å²) in [7, 11) is 1.77. The maximum atomic E-state index is 12.8. The van der Waals surface area contributed by atoms with Crippen LogP contribution in [-0.4, -0.2) is 36.0 Å². The second kappa shape index (κ2) is 7.73. The highest BCUT2D eigenvalue weighted by atomic mass is 19.1. The zero-order chi connectivity index (χ0) is 16.0. The average Bonchev–Trinajstić information content (AvgIpc) is 2.39. The Hall–Kier alpha value is -1.95. The lowest BCUT2D eigenvalue weighted by molar-refractivity contribution is -0.124. The minimum Gasteiger partial charge on any atom is -0.336 e. The SMILES string of the molecule is CC(C)NC(=O)NC(=O)[C@@H](C)N(C)Cc1ccc(F)cc1. The molecule has 0 unspecified atom stereocenters. The fourth-order valence-corrected chi connectivity index (χ4v) is 1.73. The molecule has 1 rings (SSSR count). The highest BCUT2D eigenvalue weighted by Gasteiger charge is 2.20. The number of rotatable bonds is 5. The molecule has 0 saturated carbocycles. The lowest BCUT2D eigenvalue weighted by atomic mass is 10.2. The van der Waals surface area contributed by atoms with Crippen molar-refractivity contribution in [2.45, 2.75) is 39.4 Å². The number of hydrogen-bond acceptors (Lipinski definition) is 3. The van der Waals surface area contributed by atoms with Crippen LogP contribution in [0.15, 0.2) is 24.3 Å². The van der Waals surface area contributed by atoms with Gasteiger partial charge >= 0.3 is 6.03 Å². The van der Waals surface area contributed by atoms with E-state index in [1.165, 1.54) is 12.1 Å². The summed E-state index contributed by atoms with van der Waals surface area (Å²) in [6.07, 6.45) is 0. The Kier molecular flexibility index (Phi) is 6.30. The standard InChI is InChI=1S/C15H22FN3O2/c1-10(2)17-15(21)18-14(20)11(3)19(4)9-12-5-7-13(16)8-6-12/h5-8,10-11H,9H2,1-4H3,(H2,17,18,20,21)/t11-/m1/s1. The molecule has 2 N–H and O–H groups in total. The number of nitrogens with one attached hydrogen (secondary N) is 2. The van der Waals surface area contributed by atoms with E-state index in [1.807, 2.05) is 13.8 Å². The van der Waals surface area contributed by atoms with Crippen molar-refractivity contribution in [2.75, 3.05) is 7.05 Å². The smallest absolute Gasteiger partial charge is 0.321 e. The van der Waals surface area contributed by atoms with E-state index < -0.39 is 12.1 Å². The molecular weight excluding hydrogens is 273 g/mol. The third kappa shape index (κ3) is 5.91. The Morgan fingerprint density at radius 1 is 1.19 bits per heavy atom. The van der Waals surface area contributed by atoms with Gasteiger partial charge in [0.05, 0.1) is 6.04 Å². The molecule has 0 aliphatic rings. The van der Waals surface area contributed by atoms with Crippen molar-refractivity contribution in [1.29, 1.82) is 0 Å². The van der Waals surface area contributed by atoms with Crippen LogP contribution in [0.2, 0.25) is 0 Å². The van der Waals surface area contributed by atoms with E-state index in [0.29, 0.717) is 6.54 Å². The van der Waals surface area contributed by atoms with Crippen molar-refractivity contribution in [1.82, 2.24) is 15.5 Å². The predicted octanol–water partition coefficient (Wildman–Crippen LogP) is 1.88. The molecule has 3 amide bonds. The number of carbonyl (C=O) groups is 2. The van der Waals surface area contributed by atoms with Crippen LogP contribution in [-0.2, 0) is 11.3 Å². The van der Waals surface area contributed by atoms with Gasteiger partial charge in [-0.1, -0.05) is 12.1 Å². The minimum atomic E-state index is -0.503. The third-order valence-corrected chi connectivity index (χ3v) is 3.04. The van der Waals surface area contributed by atoms with Crippen LogP contribution in [0.4, 0.5) is 9.18 Å². The van der Waals surface area contributed by atoms with Crippen LogP contribution < -0.4 is 10.6 Å². The predicted molar refractivity (Wildman–Crippen MR) is 79.1 cm³/mol.